The van der Waals surface area contributed by atoms with Crippen molar-refractivity contribution in [3.05, 3.63) is 84.4 Å². The molecule has 1 amide bonds. The summed E-state index contributed by atoms with van der Waals surface area (Å²) in [6, 6.07) is 22.4. The third-order valence-corrected chi connectivity index (χ3v) is 7.42. The molecule has 0 aliphatic rings. The molecule has 4 rings (SSSR count). The van der Waals surface area contributed by atoms with Gasteiger partial charge in [-0.2, -0.15) is 0 Å². The molecule has 1 heterocycles. The molecule has 0 saturated carbocycles. The normalized spacial score (nSPS) is 11.6. The summed E-state index contributed by atoms with van der Waals surface area (Å²) in [5, 5.41) is 0.636. The van der Waals surface area contributed by atoms with Crippen molar-refractivity contribution in [2.75, 3.05) is 36.8 Å². The van der Waals surface area contributed by atoms with E-state index in [4.69, 9.17) is 0 Å². The summed E-state index contributed by atoms with van der Waals surface area (Å²) in [6.07, 6.45) is 0. The second-order valence-corrected chi connectivity index (χ2v) is 10.4. The summed E-state index contributed by atoms with van der Waals surface area (Å²) in [6.45, 7) is 1.16. The first-order valence-corrected chi connectivity index (χ1v) is 12.6. The number of hydrogen-bond acceptors (Lipinski definition) is 6. The molecule has 0 spiro atoms. The molecule has 1 N–H and O–H groups in total. The lowest BCUT2D eigenvalue weighted by Crippen LogP contribution is -2.36. The summed E-state index contributed by atoms with van der Waals surface area (Å²) in [5.41, 5.74) is 1.69. The molecule has 0 saturated heterocycles. The maximum absolute atomic E-state index is 13.4. The molecule has 0 fully saturated rings. The van der Waals surface area contributed by atoms with E-state index >= 15 is 0 Å². The van der Waals surface area contributed by atoms with Gasteiger partial charge in [0, 0.05) is 24.3 Å². The van der Waals surface area contributed by atoms with Crippen molar-refractivity contribution in [2.24, 2.45) is 0 Å². The molecule has 170 valence electrons. The van der Waals surface area contributed by atoms with Gasteiger partial charge in [-0.3, -0.25) is 14.4 Å². The van der Waals surface area contributed by atoms with E-state index in [1.165, 1.54) is 23.5 Å². The number of amides is 1. The second-order valence-electron chi connectivity index (χ2n) is 7.72. The van der Waals surface area contributed by atoms with Gasteiger partial charge in [0.15, 0.2) is 5.13 Å². The van der Waals surface area contributed by atoms with Gasteiger partial charge in [-0.05, 0) is 62.6 Å². The van der Waals surface area contributed by atoms with Gasteiger partial charge in [0.05, 0.1) is 15.1 Å². The summed E-state index contributed by atoms with van der Waals surface area (Å²) in [4.78, 5) is 21.9. The van der Waals surface area contributed by atoms with Crippen LogP contribution in [0.1, 0.15) is 10.4 Å². The van der Waals surface area contributed by atoms with Gasteiger partial charge in [-0.25, -0.2) is 13.4 Å². The van der Waals surface area contributed by atoms with Crippen LogP contribution in [-0.4, -0.2) is 51.4 Å². The lowest BCUT2D eigenvalue weighted by molar-refractivity contribution is 0.0985. The minimum atomic E-state index is -3.70. The molecule has 0 radical (unpaired) electrons. The fourth-order valence-electron chi connectivity index (χ4n) is 3.21. The van der Waals surface area contributed by atoms with Crippen molar-refractivity contribution in [3.8, 4) is 0 Å². The number of aromatic nitrogens is 1. The van der Waals surface area contributed by atoms with Gasteiger partial charge in [0.1, 0.15) is 0 Å². The Kier molecular flexibility index (Phi) is 6.73. The number of carbonyl (C=O) groups is 1. The average Bonchev–Trinajstić information content (AvgIpc) is 3.23. The number of fused-ring (bicyclic) bond motifs is 1. The maximum Gasteiger partial charge on any atom is 0.261 e. The smallest absolute Gasteiger partial charge is 0.261 e. The Morgan fingerprint density at radius 3 is 2.24 bits per heavy atom. The monoisotopic (exact) mass is 480 g/mol. The van der Waals surface area contributed by atoms with E-state index in [-0.39, 0.29) is 10.8 Å². The van der Waals surface area contributed by atoms with Gasteiger partial charge in [0.25, 0.3) is 15.9 Å². The van der Waals surface area contributed by atoms with Crippen LogP contribution in [0.25, 0.3) is 10.2 Å². The fourth-order valence-corrected chi connectivity index (χ4v) is 5.28. The quantitative estimate of drug-likeness (QED) is 0.406. The molecule has 33 heavy (non-hydrogen) atoms. The van der Waals surface area contributed by atoms with E-state index in [1.54, 1.807) is 47.4 Å². The maximum atomic E-state index is 13.4. The largest absolute Gasteiger partial charge is 0.308 e. The minimum Gasteiger partial charge on any atom is -0.308 e. The zero-order valence-electron chi connectivity index (χ0n) is 18.3. The number of thiazole rings is 1. The van der Waals surface area contributed by atoms with Crippen LogP contribution in [-0.2, 0) is 10.0 Å². The SMILES string of the molecule is CN(C)CCN(C(=O)c1ccc(NS(=O)(=O)c2ccccc2)cc1)c1nc2ccccc2s1. The lowest BCUT2D eigenvalue weighted by atomic mass is 10.2. The molecule has 9 heteroatoms. The number of rotatable bonds is 8. The molecule has 0 unspecified atom stereocenters. The Hall–Kier alpha value is -3.27. The zero-order chi connectivity index (χ0) is 23.4. The summed E-state index contributed by atoms with van der Waals surface area (Å²) >= 11 is 1.47. The number of carbonyl (C=O) groups excluding carboxylic acids is 1. The Morgan fingerprint density at radius 2 is 1.58 bits per heavy atom. The van der Waals surface area contributed by atoms with Crippen LogP contribution < -0.4 is 9.62 Å². The number of likely N-dealkylation sites (N-methyl/N-ethyl adjacent to an activating group) is 1. The number of nitrogens with zero attached hydrogens (tertiary/aromatic N) is 3. The first-order valence-electron chi connectivity index (χ1n) is 10.3. The molecular formula is C24H24N4O3S2. The number of hydrogen-bond donors (Lipinski definition) is 1. The number of nitrogens with one attached hydrogen (secondary N) is 1. The van der Waals surface area contributed by atoms with E-state index in [0.29, 0.717) is 29.5 Å². The van der Waals surface area contributed by atoms with E-state index in [0.717, 1.165) is 10.2 Å². The highest BCUT2D eigenvalue weighted by Gasteiger charge is 2.22. The van der Waals surface area contributed by atoms with Crippen LogP contribution in [0.5, 0.6) is 0 Å². The molecule has 0 aliphatic heterocycles. The van der Waals surface area contributed by atoms with Crippen LogP contribution in [0.15, 0.2) is 83.8 Å². The summed E-state index contributed by atoms with van der Waals surface area (Å²) in [5.74, 6) is -0.187. The van der Waals surface area contributed by atoms with Gasteiger partial charge in [0.2, 0.25) is 0 Å². The van der Waals surface area contributed by atoms with Crippen molar-refractivity contribution in [1.29, 1.82) is 0 Å². The highest BCUT2D eigenvalue weighted by atomic mass is 32.2. The van der Waals surface area contributed by atoms with Gasteiger partial charge < -0.3 is 4.90 Å². The Labute approximate surface area is 197 Å². The van der Waals surface area contributed by atoms with Crippen molar-refractivity contribution in [1.82, 2.24) is 9.88 Å². The highest BCUT2D eigenvalue weighted by Crippen LogP contribution is 2.29. The molecular weight excluding hydrogens is 456 g/mol. The highest BCUT2D eigenvalue weighted by molar-refractivity contribution is 7.92. The fraction of sp³-hybridized carbons (Fsp3) is 0.167. The molecule has 0 atom stereocenters. The van der Waals surface area contributed by atoms with Crippen LogP contribution in [0.4, 0.5) is 10.8 Å². The lowest BCUT2D eigenvalue weighted by Gasteiger charge is -2.22. The zero-order valence-corrected chi connectivity index (χ0v) is 19.9. The first kappa shape index (κ1) is 22.9. The van der Waals surface area contributed by atoms with Crippen LogP contribution in [0.3, 0.4) is 0 Å². The van der Waals surface area contributed by atoms with E-state index in [2.05, 4.69) is 9.71 Å². The third kappa shape index (κ3) is 5.39. The van der Waals surface area contributed by atoms with E-state index < -0.39 is 10.0 Å². The van der Waals surface area contributed by atoms with Gasteiger partial charge in [-0.1, -0.05) is 41.7 Å². The molecule has 4 aromatic rings. The standard InChI is InChI=1S/C24H24N4O3S2/c1-27(2)16-17-28(24-25-21-10-6-7-11-22(21)32-24)23(29)18-12-14-19(15-13-18)26-33(30,31)20-8-4-3-5-9-20/h3-15,26H,16-17H2,1-2H3. The first-order chi connectivity index (χ1) is 15.8. The Morgan fingerprint density at radius 1 is 0.909 bits per heavy atom. The second kappa shape index (κ2) is 9.70. The molecule has 0 aliphatic carbocycles. The number of anilines is 2. The van der Waals surface area contributed by atoms with E-state index in [1.807, 2.05) is 43.3 Å². The van der Waals surface area contributed by atoms with E-state index in [9.17, 15) is 13.2 Å². The molecule has 0 bridgehead atoms. The topological polar surface area (TPSA) is 82.6 Å². The Balaban J connectivity index is 1.57. The van der Waals surface area contributed by atoms with Crippen molar-refractivity contribution < 1.29 is 13.2 Å². The minimum absolute atomic E-state index is 0.177. The van der Waals surface area contributed by atoms with Crippen LogP contribution in [0, 0.1) is 0 Å². The predicted octanol–water partition coefficient (Wildman–Crippen LogP) is 4.31. The van der Waals surface area contributed by atoms with Crippen molar-refractivity contribution in [2.45, 2.75) is 4.90 Å². The van der Waals surface area contributed by atoms with Crippen LogP contribution >= 0.6 is 11.3 Å². The predicted molar refractivity (Wildman–Crippen MR) is 134 cm³/mol. The molecule has 3 aromatic carbocycles. The van der Waals surface area contributed by atoms with Crippen molar-refractivity contribution in [3.63, 3.8) is 0 Å². The third-order valence-electron chi connectivity index (χ3n) is 4.97. The van der Waals surface area contributed by atoms with Crippen LogP contribution in [0.2, 0.25) is 0 Å². The Bertz CT molecular complexity index is 1320. The summed E-state index contributed by atoms with van der Waals surface area (Å²) < 4.78 is 28.7. The number of para-hydroxylation sites is 1. The molecule has 1 aromatic heterocycles. The van der Waals surface area contributed by atoms with Crippen molar-refractivity contribution >= 4 is 48.3 Å². The van der Waals surface area contributed by atoms with Gasteiger partial charge in [-0.15, -0.1) is 0 Å². The molecule has 7 nitrogen and oxygen atoms in total. The summed E-state index contributed by atoms with van der Waals surface area (Å²) in [7, 11) is 0.208. The number of benzene rings is 3. The average molecular weight is 481 g/mol. The number of sulfonamides is 1. The van der Waals surface area contributed by atoms with Gasteiger partial charge >= 0.3 is 0 Å².